The Hall–Kier alpha value is -1.47. The van der Waals surface area contributed by atoms with Gasteiger partial charge in [-0.3, -0.25) is 0 Å². The number of hydrogen-bond donors (Lipinski definition) is 2. The van der Waals surface area contributed by atoms with Gasteiger partial charge < -0.3 is 10.8 Å². The van der Waals surface area contributed by atoms with Crippen LogP contribution >= 0.6 is 15.9 Å². The third-order valence-electron chi connectivity index (χ3n) is 1.76. The first-order valence-electron chi connectivity index (χ1n) is 4.33. The van der Waals surface area contributed by atoms with Gasteiger partial charge >= 0.3 is 5.97 Å². The highest BCUT2D eigenvalue weighted by atomic mass is 79.9. The van der Waals surface area contributed by atoms with Gasteiger partial charge in [-0.2, -0.15) is 0 Å². The van der Waals surface area contributed by atoms with Gasteiger partial charge in [0.05, 0.1) is 11.1 Å². The third kappa shape index (κ3) is 3.00. The Labute approximate surface area is 96.4 Å². The molecule has 0 aromatic heterocycles. The molecule has 0 atom stereocenters. The number of hydrogen-bond acceptors (Lipinski definition) is 2. The Morgan fingerprint density at radius 3 is 2.87 bits per heavy atom. The molecule has 0 amide bonds. The van der Waals surface area contributed by atoms with Crippen LogP contribution in [0.25, 0.3) is 0 Å². The summed E-state index contributed by atoms with van der Waals surface area (Å²) in [5.41, 5.74) is 6.61. The smallest absolute Gasteiger partial charge is 0.337 e. The van der Waals surface area contributed by atoms with Crippen LogP contribution in [0.15, 0.2) is 18.2 Å². The summed E-state index contributed by atoms with van der Waals surface area (Å²) in [7, 11) is 0. The first-order valence-corrected chi connectivity index (χ1v) is 5.45. The van der Waals surface area contributed by atoms with Gasteiger partial charge in [-0.25, -0.2) is 4.79 Å². The minimum Gasteiger partial charge on any atom is -0.478 e. The maximum absolute atomic E-state index is 10.9. The van der Waals surface area contributed by atoms with Crippen molar-refractivity contribution in [2.45, 2.75) is 6.42 Å². The maximum atomic E-state index is 10.9. The van der Waals surface area contributed by atoms with Crippen molar-refractivity contribution in [3.63, 3.8) is 0 Å². The fourth-order valence-corrected chi connectivity index (χ4v) is 1.28. The van der Waals surface area contributed by atoms with Crippen molar-refractivity contribution >= 4 is 27.6 Å². The molecule has 0 unspecified atom stereocenters. The lowest BCUT2D eigenvalue weighted by Gasteiger charge is -2.01. The van der Waals surface area contributed by atoms with Gasteiger partial charge in [0, 0.05) is 17.4 Å². The van der Waals surface area contributed by atoms with Crippen LogP contribution in [0.4, 0.5) is 5.69 Å². The maximum Gasteiger partial charge on any atom is 0.337 e. The summed E-state index contributed by atoms with van der Waals surface area (Å²) in [4.78, 5) is 10.9. The topological polar surface area (TPSA) is 63.3 Å². The first kappa shape index (κ1) is 11.6. The molecule has 3 nitrogen and oxygen atoms in total. The number of benzene rings is 1. The molecule has 0 heterocycles. The van der Waals surface area contributed by atoms with E-state index in [4.69, 9.17) is 10.8 Å². The molecule has 0 aliphatic heterocycles. The number of carboxylic acid groups (broad SMARTS) is 1. The quantitative estimate of drug-likeness (QED) is 0.490. The van der Waals surface area contributed by atoms with E-state index < -0.39 is 5.97 Å². The summed E-state index contributed by atoms with van der Waals surface area (Å²) in [6, 6.07) is 4.75. The van der Waals surface area contributed by atoms with Gasteiger partial charge in [0.15, 0.2) is 0 Å². The number of alkyl halides is 1. The van der Waals surface area contributed by atoms with E-state index in [1.165, 1.54) is 6.07 Å². The molecule has 0 fully saturated rings. The van der Waals surface area contributed by atoms with Gasteiger partial charge in [-0.1, -0.05) is 33.8 Å². The number of nitrogens with two attached hydrogens (primary N) is 1. The molecule has 1 aromatic carbocycles. The summed E-state index contributed by atoms with van der Waals surface area (Å²) in [5.74, 6) is 4.62. The fraction of sp³-hybridized carbons (Fsp3) is 0.182. The third-order valence-corrected chi connectivity index (χ3v) is 2.16. The lowest BCUT2D eigenvalue weighted by Crippen LogP contribution is -2.03. The lowest BCUT2D eigenvalue weighted by atomic mass is 10.1. The minimum absolute atomic E-state index is 0.150. The van der Waals surface area contributed by atoms with Gasteiger partial charge in [0.25, 0.3) is 0 Å². The standard InChI is InChI=1S/C11H10BrNO2/c12-7-2-1-4-8-9(11(14)15)5-3-6-10(8)13/h3,5-6H,2,7,13H2,(H,14,15). The van der Waals surface area contributed by atoms with Crippen LogP contribution in [0.1, 0.15) is 22.3 Å². The number of carboxylic acids is 1. The summed E-state index contributed by atoms with van der Waals surface area (Å²) < 4.78 is 0. The number of halogens is 1. The highest BCUT2D eigenvalue weighted by Crippen LogP contribution is 2.15. The minimum atomic E-state index is -1.01. The number of aromatic carboxylic acids is 1. The average molecular weight is 268 g/mol. The second-order valence-corrected chi connectivity index (χ2v) is 3.61. The molecule has 4 heteroatoms. The lowest BCUT2D eigenvalue weighted by molar-refractivity contribution is 0.0696. The second kappa shape index (κ2) is 5.42. The molecule has 15 heavy (non-hydrogen) atoms. The van der Waals surface area contributed by atoms with Gasteiger partial charge in [0.1, 0.15) is 0 Å². The molecular formula is C11H10BrNO2. The molecule has 0 radical (unpaired) electrons. The summed E-state index contributed by atoms with van der Waals surface area (Å²) in [6.45, 7) is 0. The molecule has 78 valence electrons. The Morgan fingerprint density at radius 1 is 1.53 bits per heavy atom. The second-order valence-electron chi connectivity index (χ2n) is 2.82. The van der Waals surface area contributed by atoms with Crippen LogP contribution in [-0.2, 0) is 0 Å². The zero-order chi connectivity index (χ0) is 11.3. The average Bonchev–Trinajstić information content (AvgIpc) is 2.20. The van der Waals surface area contributed by atoms with Crippen LogP contribution in [0.3, 0.4) is 0 Å². The zero-order valence-corrected chi connectivity index (χ0v) is 9.54. The van der Waals surface area contributed by atoms with E-state index in [0.29, 0.717) is 17.7 Å². The van der Waals surface area contributed by atoms with Crippen LogP contribution in [0, 0.1) is 11.8 Å². The van der Waals surface area contributed by atoms with E-state index in [2.05, 4.69) is 27.8 Å². The van der Waals surface area contributed by atoms with Crippen LogP contribution in [0.5, 0.6) is 0 Å². The Balaban J connectivity index is 3.15. The molecular weight excluding hydrogens is 258 g/mol. The van der Waals surface area contributed by atoms with Crippen molar-refractivity contribution in [2.24, 2.45) is 0 Å². The SMILES string of the molecule is Nc1cccc(C(=O)O)c1C#CCCBr. The number of anilines is 1. The van der Waals surface area contributed by atoms with E-state index >= 15 is 0 Å². The molecule has 0 spiro atoms. The van der Waals surface area contributed by atoms with Crippen molar-refractivity contribution in [2.75, 3.05) is 11.1 Å². The summed E-state index contributed by atoms with van der Waals surface area (Å²) in [5, 5.41) is 9.67. The van der Waals surface area contributed by atoms with Crippen LogP contribution in [0.2, 0.25) is 0 Å². The Bertz CT molecular complexity index is 432. The molecule has 1 rings (SSSR count). The van der Waals surface area contributed by atoms with Crippen LogP contribution in [-0.4, -0.2) is 16.4 Å². The Morgan fingerprint density at radius 2 is 2.27 bits per heavy atom. The van der Waals surface area contributed by atoms with E-state index in [1.54, 1.807) is 12.1 Å². The van der Waals surface area contributed by atoms with E-state index in [9.17, 15) is 4.79 Å². The van der Waals surface area contributed by atoms with Gasteiger partial charge in [-0.15, -0.1) is 0 Å². The first-order chi connectivity index (χ1) is 7.16. The van der Waals surface area contributed by atoms with Crippen LogP contribution < -0.4 is 5.73 Å². The van der Waals surface area contributed by atoms with E-state index in [-0.39, 0.29) is 5.56 Å². The van der Waals surface area contributed by atoms with Crippen molar-refractivity contribution in [3.8, 4) is 11.8 Å². The van der Waals surface area contributed by atoms with Gasteiger partial charge in [-0.05, 0) is 12.1 Å². The molecule has 0 saturated heterocycles. The predicted octanol–water partition coefficient (Wildman–Crippen LogP) is 2.10. The molecule has 3 N–H and O–H groups in total. The highest BCUT2D eigenvalue weighted by molar-refractivity contribution is 9.09. The van der Waals surface area contributed by atoms with E-state index in [1.807, 2.05) is 0 Å². The number of rotatable bonds is 2. The monoisotopic (exact) mass is 267 g/mol. The molecule has 0 aliphatic carbocycles. The van der Waals surface area contributed by atoms with Gasteiger partial charge in [0.2, 0.25) is 0 Å². The van der Waals surface area contributed by atoms with Crippen molar-refractivity contribution in [1.82, 2.24) is 0 Å². The molecule has 1 aromatic rings. The van der Waals surface area contributed by atoms with Crippen molar-refractivity contribution in [3.05, 3.63) is 29.3 Å². The Kier molecular flexibility index (Phi) is 4.19. The summed E-state index contributed by atoms with van der Waals surface area (Å²) >= 11 is 3.24. The summed E-state index contributed by atoms with van der Waals surface area (Å²) in [6.07, 6.45) is 0.660. The highest BCUT2D eigenvalue weighted by Gasteiger charge is 2.09. The fourth-order valence-electron chi connectivity index (χ4n) is 1.09. The number of nitrogen functional groups attached to an aromatic ring is 1. The van der Waals surface area contributed by atoms with E-state index in [0.717, 1.165) is 5.33 Å². The predicted molar refractivity (Wildman–Crippen MR) is 63.1 cm³/mol. The molecule has 0 aliphatic rings. The molecule has 0 bridgehead atoms. The number of carbonyl (C=O) groups is 1. The largest absolute Gasteiger partial charge is 0.478 e. The molecule has 0 saturated carbocycles. The normalized spacial score (nSPS) is 9.13. The van der Waals surface area contributed by atoms with Crippen molar-refractivity contribution < 1.29 is 9.90 Å². The zero-order valence-electron chi connectivity index (χ0n) is 7.96. The van der Waals surface area contributed by atoms with Crippen molar-refractivity contribution in [1.29, 1.82) is 0 Å².